The summed E-state index contributed by atoms with van der Waals surface area (Å²) < 4.78 is 38.0. The maximum atomic E-state index is 12.7. The number of hydrogen-bond acceptors (Lipinski definition) is 5. The van der Waals surface area contributed by atoms with Crippen LogP contribution in [-0.4, -0.2) is 44.9 Å². The van der Waals surface area contributed by atoms with Gasteiger partial charge in [-0.2, -0.15) is 4.31 Å². The monoisotopic (exact) mass is 448 g/mol. The molecule has 0 atom stereocenters. The van der Waals surface area contributed by atoms with Gasteiger partial charge in [-0.25, -0.2) is 8.42 Å². The third kappa shape index (κ3) is 6.45. The summed E-state index contributed by atoms with van der Waals surface area (Å²) in [6.45, 7) is 9.53. The second-order valence-corrected chi connectivity index (χ2v) is 8.86. The van der Waals surface area contributed by atoms with E-state index in [1.807, 2.05) is 13.8 Å². The van der Waals surface area contributed by atoms with Crippen molar-refractivity contribution >= 4 is 21.6 Å². The molecule has 2 aromatic carbocycles. The van der Waals surface area contributed by atoms with Gasteiger partial charge in [0.25, 0.3) is 5.91 Å². The third-order valence-electron chi connectivity index (χ3n) is 4.58. The van der Waals surface area contributed by atoms with E-state index in [2.05, 4.69) is 5.32 Å². The van der Waals surface area contributed by atoms with Gasteiger partial charge in [0, 0.05) is 30.4 Å². The van der Waals surface area contributed by atoms with Crippen molar-refractivity contribution in [3.05, 3.63) is 48.0 Å². The van der Waals surface area contributed by atoms with Crippen molar-refractivity contribution in [1.82, 2.24) is 4.31 Å². The Hall–Kier alpha value is -2.58. The van der Waals surface area contributed by atoms with Crippen LogP contribution in [0.1, 0.15) is 50.9 Å². The molecule has 0 bridgehead atoms. The van der Waals surface area contributed by atoms with Crippen molar-refractivity contribution in [3.63, 3.8) is 0 Å². The Kier molecular flexibility index (Phi) is 9.33. The minimum atomic E-state index is -3.56. The van der Waals surface area contributed by atoms with E-state index in [1.54, 1.807) is 32.0 Å². The molecule has 0 aliphatic carbocycles. The average molecular weight is 449 g/mol. The average Bonchev–Trinajstić information content (AvgIpc) is 2.77. The van der Waals surface area contributed by atoms with E-state index < -0.39 is 10.0 Å². The third-order valence-corrected chi connectivity index (χ3v) is 6.65. The lowest BCUT2D eigenvalue weighted by Crippen LogP contribution is -2.30. The molecular weight excluding hydrogens is 416 g/mol. The first-order valence-electron chi connectivity index (χ1n) is 10.7. The van der Waals surface area contributed by atoms with E-state index >= 15 is 0 Å². The number of hydrogen-bond donors (Lipinski definition) is 1. The lowest BCUT2D eigenvalue weighted by Gasteiger charge is -2.18. The van der Waals surface area contributed by atoms with Crippen molar-refractivity contribution in [2.24, 2.45) is 0 Å². The smallest absolute Gasteiger partial charge is 0.255 e. The molecule has 2 aromatic rings. The first-order valence-corrected chi connectivity index (χ1v) is 12.1. The summed E-state index contributed by atoms with van der Waals surface area (Å²) in [6.07, 6.45) is 1.73. The molecule has 31 heavy (non-hydrogen) atoms. The Labute approximate surface area is 185 Å². The highest BCUT2D eigenvalue weighted by Crippen LogP contribution is 2.31. The molecule has 7 nitrogen and oxygen atoms in total. The van der Waals surface area contributed by atoms with Gasteiger partial charge in [-0.3, -0.25) is 4.79 Å². The minimum Gasteiger partial charge on any atom is -0.490 e. The summed E-state index contributed by atoms with van der Waals surface area (Å²) in [4.78, 5) is 12.8. The van der Waals surface area contributed by atoms with Gasteiger partial charge < -0.3 is 14.8 Å². The zero-order valence-corrected chi connectivity index (χ0v) is 19.5. The molecule has 0 heterocycles. The fraction of sp³-hybridized carbons (Fsp3) is 0.435. The highest BCUT2D eigenvalue weighted by atomic mass is 32.2. The van der Waals surface area contributed by atoms with E-state index in [4.69, 9.17) is 9.47 Å². The number of carbonyl (C=O) groups is 1. The quantitative estimate of drug-likeness (QED) is 0.515. The van der Waals surface area contributed by atoms with Crippen LogP contribution < -0.4 is 14.8 Å². The molecule has 0 aromatic heterocycles. The molecule has 8 heteroatoms. The summed E-state index contributed by atoms with van der Waals surface area (Å²) in [5.74, 6) is 0.878. The highest BCUT2D eigenvalue weighted by molar-refractivity contribution is 7.89. The van der Waals surface area contributed by atoms with E-state index in [-0.39, 0.29) is 10.8 Å². The maximum Gasteiger partial charge on any atom is 0.255 e. The van der Waals surface area contributed by atoms with Crippen LogP contribution in [0.2, 0.25) is 0 Å². The van der Waals surface area contributed by atoms with E-state index in [9.17, 15) is 13.2 Å². The van der Waals surface area contributed by atoms with Crippen molar-refractivity contribution in [1.29, 1.82) is 0 Å². The molecule has 0 spiro atoms. The fourth-order valence-corrected chi connectivity index (χ4v) is 4.39. The predicted octanol–water partition coefficient (Wildman–Crippen LogP) is 4.55. The van der Waals surface area contributed by atoms with Gasteiger partial charge in [0.05, 0.1) is 18.1 Å². The van der Waals surface area contributed by atoms with E-state index in [0.717, 1.165) is 12.8 Å². The SMILES string of the molecule is CCCOc1ccc(NC(=O)c2ccc(S(=O)(=O)N(CC)CC)cc2)cc1OCCC. The molecule has 0 saturated carbocycles. The lowest BCUT2D eigenvalue weighted by atomic mass is 10.2. The molecule has 0 aliphatic rings. The van der Waals surface area contributed by atoms with Crippen LogP contribution in [0, 0.1) is 0 Å². The number of nitrogens with one attached hydrogen (secondary N) is 1. The summed E-state index contributed by atoms with van der Waals surface area (Å²) >= 11 is 0. The van der Waals surface area contributed by atoms with Crippen LogP contribution in [-0.2, 0) is 10.0 Å². The Morgan fingerprint density at radius 2 is 1.45 bits per heavy atom. The van der Waals surface area contributed by atoms with Gasteiger partial charge in [-0.15, -0.1) is 0 Å². The van der Waals surface area contributed by atoms with Crippen molar-refractivity contribution in [2.45, 2.75) is 45.4 Å². The predicted molar refractivity (Wildman–Crippen MR) is 123 cm³/mol. The molecule has 0 aliphatic heterocycles. The number of amides is 1. The van der Waals surface area contributed by atoms with Crippen LogP contribution in [0.15, 0.2) is 47.4 Å². The normalized spacial score (nSPS) is 11.4. The maximum absolute atomic E-state index is 12.7. The number of rotatable bonds is 12. The molecule has 0 radical (unpaired) electrons. The number of carbonyl (C=O) groups excluding carboxylic acids is 1. The number of anilines is 1. The zero-order chi connectivity index (χ0) is 22.9. The van der Waals surface area contributed by atoms with Crippen molar-refractivity contribution < 1.29 is 22.7 Å². The minimum absolute atomic E-state index is 0.167. The molecule has 0 unspecified atom stereocenters. The molecule has 0 saturated heterocycles. The number of ether oxygens (including phenoxy) is 2. The standard InChI is InChI=1S/C23H32N2O5S/c1-5-15-29-21-14-11-19(17-22(21)30-16-6-2)24-23(26)18-9-12-20(13-10-18)31(27,28)25(7-3)8-4/h9-14,17H,5-8,15-16H2,1-4H3,(H,24,26). The number of sulfonamides is 1. The molecule has 170 valence electrons. The van der Waals surface area contributed by atoms with Gasteiger partial charge in [-0.05, 0) is 49.2 Å². The van der Waals surface area contributed by atoms with E-state index in [0.29, 0.717) is 49.1 Å². The Morgan fingerprint density at radius 1 is 0.871 bits per heavy atom. The van der Waals surface area contributed by atoms with Gasteiger partial charge in [0.2, 0.25) is 10.0 Å². The van der Waals surface area contributed by atoms with Gasteiger partial charge in [0.1, 0.15) is 0 Å². The van der Waals surface area contributed by atoms with E-state index in [1.165, 1.54) is 28.6 Å². The summed E-state index contributed by atoms with van der Waals surface area (Å²) in [6, 6.07) is 11.2. The number of nitrogens with zero attached hydrogens (tertiary/aromatic N) is 1. The van der Waals surface area contributed by atoms with Gasteiger partial charge in [0.15, 0.2) is 11.5 Å². The molecule has 0 fully saturated rings. The molecule has 1 amide bonds. The zero-order valence-electron chi connectivity index (χ0n) is 18.7. The second kappa shape index (κ2) is 11.7. The van der Waals surface area contributed by atoms with Crippen molar-refractivity contribution in [3.8, 4) is 11.5 Å². The van der Waals surface area contributed by atoms with Crippen LogP contribution in [0.25, 0.3) is 0 Å². The van der Waals surface area contributed by atoms with Crippen LogP contribution >= 0.6 is 0 Å². The fourth-order valence-electron chi connectivity index (χ4n) is 2.94. The number of benzene rings is 2. The van der Waals surface area contributed by atoms with Gasteiger partial charge >= 0.3 is 0 Å². The Bertz CT molecular complexity index is 954. The Morgan fingerprint density at radius 3 is 2.00 bits per heavy atom. The Balaban J connectivity index is 2.17. The van der Waals surface area contributed by atoms with Crippen LogP contribution in [0.4, 0.5) is 5.69 Å². The molecular formula is C23H32N2O5S. The summed E-state index contributed by atoms with van der Waals surface area (Å²) in [7, 11) is -3.56. The first-order chi connectivity index (χ1) is 14.9. The van der Waals surface area contributed by atoms with Crippen LogP contribution in [0.5, 0.6) is 11.5 Å². The second-order valence-electron chi connectivity index (χ2n) is 6.93. The lowest BCUT2D eigenvalue weighted by molar-refractivity contribution is 0.102. The first kappa shape index (κ1) is 24.7. The summed E-state index contributed by atoms with van der Waals surface area (Å²) in [5, 5.41) is 2.83. The largest absolute Gasteiger partial charge is 0.490 e. The van der Waals surface area contributed by atoms with Gasteiger partial charge in [-0.1, -0.05) is 27.7 Å². The van der Waals surface area contributed by atoms with Crippen molar-refractivity contribution in [2.75, 3.05) is 31.6 Å². The molecule has 1 N–H and O–H groups in total. The van der Waals surface area contributed by atoms with Crippen LogP contribution in [0.3, 0.4) is 0 Å². The highest BCUT2D eigenvalue weighted by Gasteiger charge is 2.21. The topological polar surface area (TPSA) is 84.9 Å². The molecule has 2 rings (SSSR count). The summed E-state index contributed by atoms with van der Waals surface area (Å²) in [5.41, 5.74) is 0.931.